The van der Waals surface area contributed by atoms with Gasteiger partial charge in [0.25, 0.3) is 0 Å². The Morgan fingerprint density at radius 3 is 2.31 bits per heavy atom. The molecular formula is C10H15NOS. The van der Waals surface area contributed by atoms with Crippen LogP contribution in [0.1, 0.15) is 19.3 Å². The first-order valence-electron chi connectivity index (χ1n) is 4.18. The Hall–Kier alpha value is -0.830. The van der Waals surface area contributed by atoms with Crippen LogP contribution in [0.3, 0.4) is 0 Å². The van der Waals surface area contributed by atoms with E-state index < -0.39 is 0 Å². The summed E-state index contributed by atoms with van der Waals surface area (Å²) < 4.78 is 3.88. The van der Waals surface area contributed by atoms with Crippen molar-refractivity contribution in [2.75, 3.05) is 5.75 Å². The minimum absolute atomic E-state index is 0.176. The van der Waals surface area contributed by atoms with E-state index in [0.29, 0.717) is 12.8 Å². The zero-order valence-corrected chi connectivity index (χ0v) is 8.55. The highest BCUT2D eigenvalue weighted by Crippen LogP contribution is 2.07. The van der Waals surface area contributed by atoms with Gasteiger partial charge in [-0.2, -0.15) is 0 Å². The van der Waals surface area contributed by atoms with Gasteiger partial charge in [-0.15, -0.1) is 13.2 Å². The van der Waals surface area contributed by atoms with Crippen molar-refractivity contribution < 1.29 is 4.79 Å². The van der Waals surface area contributed by atoms with Crippen molar-refractivity contribution >= 4 is 23.9 Å². The zero-order chi connectivity index (χ0) is 9.94. The molecule has 0 radical (unpaired) electrons. The quantitative estimate of drug-likeness (QED) is 0.512. The van der Waals surface area contributed by atoms with Crippen LogP contribution in [0, 0.1) is 0 Å². The van der Waals surface area contributed by atoms with Gasteiger partial charge in [0.2, 0.25) is 0 Å². The summed E-state index contributed by atoms with van der Waals surface area (Å²) in [5.74, 6) is 1.37. The molecule has 0 bridgehead atoms. The predicted molar refractivity (Wildman–Crippen MR) is 60.2 cm³/mol. The number of rotatable bonds is 4. The summed E-state index contributed by atoms with van der Waals surface area (Å²) in [6, 6.07) is 0. The number of carbonyl (C=O) groups is 1. The number of carbonyl (C=O) groups excluding carboxylic acids is 1. The minimum atomic E-state index is 0.176. The molecule has 1 aliphatic rings. The van der Waals surface area contributed by atoms with E-state index in [1.54, 1.807) is 24.1 Å². The van der Waals surface area contributed by atoms with Crippen molar-refractivity contribution in [1.82, 2.24) is 0 Å². The highest BCUT2D eigenvalue weighted by atomic mass is 32.2. The lowest BCUT2D eigenvalue weighted by molar-refractivity contribution is -0.117. The topological polar surface area (TPSA) is 29.4 Å². The Labute approximate surface area is 84.0 Å². The molecule has 13 heavy (non-hydrogen) atoms. The average molecular weight is 197 g/mol. The standard InChI is InChI=1S/C7H10O.C3H5NS/c1-3-5-7(8)6-4-2;1-2-4-5-3-1/h3-4H,1-2,5-6H2;2H,1,3H2. The Morgan fingerprint density at radius 2 is 2.08 bits per heavy atom. The second kappa shape index (κ2) is 9.26. The predicted octanol–water partition coefficient (Wildman–Crippen LogP) is 2.82. The number of Topliss-reactive ketones (excluding diaryl/α,β-unsaturated/α-hetero) is 1. The third-order valence-electron chi connectivity index (χ3n) is 1.23. The molecule has 0 aliphatic carbocycles. The molecule has 0 N–H and O–H groups in total. The Bertz CT molecular complexity index is 181. The summed E-state index contributed by atoms with van der Waals surface area (Å²) in [7, 11) is 0. The van der Waals surface area contributed by atoms with Gasteiger partial charge in [-0.05, 0) is 18.4 Å². The van der Waals surface area contributed by atoms with Crippen molar-refractivity contribution in [2.24, 2.45) is 4.40 Å². The largest absolute Gasteiger partial charge is 0.299 e. The highest BCUT2D eigenvalue weighted by molar-refractivity contribution is 7.98. The Kier molecular flexibility index (Phi) is 8.67. The van der Waals surface area contributed by atoms with Gasteiger partial charge >= 0.3 is 0 Å². The maximum absolute atomic E-state index is 10.5. The fraction of sp³-hybridized carbons (Fsp3) is 0.400. The van der Waals surface area contributed by atoms with E-state index in [1.165, 1.54) is 12.2 Å². The number of nitrogens with zero attached hydrogens (tertiary/aromatic N) is 1. The van der Waals surface area contributed by atoms with E-state index in [9.17, 15) is 4.79 Å². The fourth-order valence-electron chi connectivity index (χ4n) is 0.669. The van der Waals surface area contributed by atoms with Gasteiger partial charge in [0.05, 0.1) is 0 Å². The second-order valence-corrected chi connectivity index (χ2v) is 3.31. The lowest BCUT2D eigenvalue weighted by Gasteiger charge is -1.85. The summed E-state index contributed by atoms with van der Waals surface area (Å²) in [5.41, 5.74) is 0. The van der Waals surface area contributed by atoms with E-state index in [2.05, 4.69) is 17.6 Å². The molecule has 0 fully saturated rings. The van der Waals surface area contributed by atoms with Gasteiger partial charge in [-0.3, -0.25) is 4.79 Å². The average Bonchev–Trinajstić information content (AvgIpc) is 2.61. The molecule has 72 valence electrons. The molecule has 1 heterocycles. The fourth-order valence-corrected chi connectivity index (χ4v) is 1.20. The van der Waals surface area contributed by atoms with Gasteiger partial charge in [0.1, 0.15) is 5.78 Å². The Morgan fingerprint density at radius 1 is 1.46 bits per heavy atom. The number of hydrogen-bond acceptors (Lipinski definition) is 3. The van der Waals surface area contributed by atoms with Crippen LogP contribution < -0.4 is 0 Å². The summed E-state index contributed by atoms with van der Waals surface area (Å²) >= 11 is 1.64. The summed E-state index contributed by atoms with van der Waals surface area (Å²) in [4.78, 5) is 10.5. The number of ketones is 1. The molecule has 0 amide bonds. The maximum Gasteiger partial charge on any atom is 0.140 e. The molecule has 0 saturated heterocycles. The van der Waals surface area contributed by atoms with E-state index in [0.717, 1.165) is 0 Å². The molecule has 0 saturated carbocycles. The summed E-state index contributed by atoms with van der Waals surface area (Å²) in [6.07, 6.45) is 7.26. The van der Waals surface area contributed by atoms with Gasteiger partial charge in [0, 0.05) is 24.8 Å². The van der Waals surface area contributed by atoms with Gasteiger partial charge < -0.3 is 0 Å². The highest BCUT2D eigenvalue weighted by Gasteiger charge is 1.91. The van der Waals surface area contributed by atoms with E-state index in [4.69, 9.17) is 0 Å². The Balaban J connectivity index is 0.000000243. The molecule has 0 spiro atoms. The lowest BCUT2D eigenvalue weighted by atomic mass is 10.2. The van der Waals surface area contributed by atoms with Crippen LogP contribution in [0.4, 0.5) is 0 Å². The van der Waals surface area contributed by atoms with Gasteiger partial charge in [-0.1, -0.05) is 12.2 Å². The van der Waals surface area contributed by atoms with Crippen molar-refractivity contribution in [3.8, 4) is 0 Å². The molecule has 0 aromatic heterocycles. The summed E-state index contributed by atoms with van der Waals surface area (Å²) in [6.45, 7) is 6.86. The normalized spacial score (nSPS) is 12.9. The van der Waals surface area contributed by atoms with Crippen molar-refractivity contribution in [3.63, 3.8) is 0 Å². The van der Waals surface area contributed by atoms with Gasteiger partial charge in [-0.25, -0.2) is 4.40 Å². The van der Waals surface area contributed by atoms with Crippen LogP contribution in [-0.4, -0.2) is 17.8 Å². The van der Waals surface area contributed by atoms with Crippen LogP contribution >= 0.6 is 11.9 Å². The first-order valence-corrected chi connectivity index (χ1v) is 5.12. The third kappa shape index (κ3) is 9.08. The monoisotopic (exact) mass is 197 g/mol. The second-order valence-electron chi connectivity index (χ2n) is 2.43. The van der Waals surface area contributed by atoms with Gasteiger partial charge in [0.15, 0.2) is 0 Å². The molecule has 1 rings (SSSR count). The molecule has 2 nitrogen and oxygen atoms in total. The first-order chi connectivity index (χ1) is 6.31. The SMILES string of the molecule is C1=NSCC1.C=CCC(=O)CC=C. The maximum atomic E-state index is 10.5. The van der Waals surface area contributed by atoms with Crippen LogP contribution in [0.5, 0.6) is 0 Å². The minimum Gasteiger partial charge on any atom is -0.299 e. The molecule has 0 aromatic carbocycles. The molecule has 1 aliphatic heterocycles. The smallest absolute Gasteiger partial charge is 0.140 e. The van der Waals surface area contributed by atoms with Crippen LogP contribution in [0.15, 0.2) is 29.7 Å². The summed E-state index contributed by atoms with van der Waals surface area (Å²) in [5, 5.41) is 0. The lowest BCUT2D eigenvalue weighted by Crippen LogP contribution is -1.90. The third-order valence-corrected chi connectivity index (χ3v) is 1.95. The van der Waals surface area contributed by atoms with Crippen LogP contribution in [0.2, 0.25) is 0 Å². The molecule has 0 atom stereocenters. The van der Waals surface area contributed by atoms with Crippen molar-refractivity contribution in [1.29, 1.82) is 0 Å². The number of allylic oxidation sites excluding steroid dienone is 2. The van der Waals surface area contributed by atoms with Crippen LogP contribution in [-0.2, 0) is 4.79 Å². The van der Waals surface area contributed by atoms with Crippen molar-refractivity contribution in [3.05, 3.63) is 25.3 Å². The van der Waals surface area contributed by atoms with Crippen LogP contribution in [0.25, 0.3) is 0 Å². The molecule has 0 aromatic rings. The number of hydrogen-bond donors (Lipinski definition) is 0. The van der Waals surface area contributed by atoms with E-state index in [-0.39, 0.29) is 5.78 Å². The van der Waals surface area contributed by atoms with E-state index >= 15 is 0 Å². The van der Waals surface area contributed by atoms with Crippen molar-refractivity contribution in [2.45, 2.75) is 19.3 Å². The molecule has 0 unspecified atom stereocenters. The van der Waals surface area contributed by atoms with E-state index in [1.807, 2.05) is 6.21 Å². The first kappa shape index (κ1) is 12.2. The zero-order valence-electron chi connectivity index (χ0n) is 7.74. The molecular weight excluding hydrogens is 182 g/mol. The molecule has 3 heteroatoms.